The van der Waals surface area contributed by atoms with Crippen molar-refractivity contribution in [2.45, 2.75) is 52.7 Å². The molecule has 0 saturated carbocycles. The van der Waals surface area contributed by atoms with E-state index in [0.717, 1.165) is 31.7 Å². The summed E-state index contributed by atoms with van der Waals surface area (Å²) in [4.78, 5) is 0. The third-order valence-electron chi connectivity index (χ3n) is 3.66. The van der Waals surface area contributed by atoms with Crippen LogP contribution in [0.25, 0.3) is 0 Å². The summed E-state index contributed by atoms with van der Waals surface area (Å²) < 4.78 is 11.3. The fourth-order valence-corrected chi connectivity index (χ4v) is 2.65. The maximum absolute atomic E-state index is 6.00. The van der Waals surface area contributed by atoms with Gasteiger partial charge in [-0.1, -0.05) is 32.9 Å². The van der Waals surface area contributed by atoms with Gasteiger partial charge in [-0.15, -0.1) is 0 Å². The topological polar surface area (TPSA) is 30.5 Å². The van der Waals surface area contributed by atoms with Crippen molar-refractivity contribution in [1.82, 2.24) is 5.32 Å². The molecule has 3 nitrogen and oxygen atoms in total. The molecule has 1 rings (SSSR count). The summed E-state index contributed by atoms with van der Waals surface area (Å²) in [5, 5.41) is 3.66. The Bertz CT molecular complexity index is 393. The Morgan fingerprint density at radius 2 is 1.95 bits per heavy atom. The van der Waals surface area contributed by atoms with Gasteiger partial charge in [-0.3, -0.25) is 0 Å². The number of benzene rings is 1. The number of nitrogens with one attached hydrogen (secondary N) is 1. The average Bonchev–Trinajstić information content (AvgIpc) is 2.49. The molecule has 0 spiro atoms. The molecule has 1 N–H and O–H groups in total. The van der Waals surface area contributed by atoms with Gasteiger partial charge < -0.3 is 14.8 Å². The second-order valence-electron chi connectivity index (χ2n) is 5.78. The number of rotatable bonds is 10. The zero-order chi connectivity index (χ0) is 15.7. The SMILES string of the molecule is CCCNC(Cc1cccc(OC)c1)C(OCC)C(C)C. The summed E-state index contributed by atoms with van der Waals surface area (Å²) in [6.07, 6.45) is 2.32. The van der Waals surface area contributed by atoms with Gasteiger partial charge in [-0.2, -0.15) is 0 Å². The molecule has 0 amide bonds. The first-order valence-electron chi connectivity index (χ1n) is 8.10. The lowest BCUT2D eigenvalue weighted by Crippen LogP contribution is -2.46. The van der Waals surface area contributed by atoms with Crippen molar-refractivity contribution in [3.05, 3.63) is 29.8 Å². The van der Waals surface area contributed by atoms with E-state index < -0.39 is 0 Å². The van der Waals surface area contributed by atoms with Crippen molar-refractivity contribution in [3.8, 4) is 5.75 Å². The van der Waals surface area contributed by atoms with Crippen LogP contribution in [0.4, 0.5) is 0 Å². The minimum absolute atomic E-state index is 0.229. The minimum atomic E-state index is 0.229. The third-order valence-corrected chi connectivity index (χ3v) is 3.66. The monoisotopic (exact) mass is 293 g/mol. The first-order chi connectivity index (χ1) is 10.1. The van der Waals surface area contributed by atoms with Gasteiger partial charge in [-0.25, -0.2) is 0 Å². The molecule has 0 heterocycles. The third kappa shape index (κ3) is 6.06. The predicted octanol–water partition coefficient (Wildman–Crippen LogP) is 3.67. The Labute approximate surface area is 130 Å². The summed E-state index contributed by atoms with van der Waals surface area (Å²) in [7, 11) is 1.71. The van der Waals surface area contributed by atoms with Crippen molar-refractivity contribution in [2.75, 3.05) is 20.3 Å². The van der Waals surface area contributed by atoms with Gasteiger partial charge in [0.25, 0.3) is 0 Å². The summed E-state index contributed by atoms with van der Waals surface area (Å²) in [5.41, 5.74) is 1.29. The van der Waals surface area contributed by atoms with Crippen LogP contribution in [0.2, 0.25) is 0 Å². The highest BCUT2D eigenvalue weighted by molar-refractivity contribution is 5.29. The molecule has 2 unspecified atom stereocenters. The maximum Gasteiger partial charge on any atom is 0.119 e. The van der Waals surface area contributed by atoms with Crippen LogP contribution in [0.1, 0.15) is 39.7 Å². The van der Waals surface area contributed by atoms with E-state index in [1.165, 1.54) is 5.56 Å². The number of ether oxygens (including phenoxy) is 2. The van der Waals surface area contributed by atoms with E-state index in [4.69, 9.17) is 9.47 Å². The van der Waals surface area contributed by atoms with E-state index in [2.05, 4.69) is 51.2 Å². The highest BCUT2D eigenvalue weighted by atomic mass is 16.5. The number of hydrogen-bond donors (Lipinski definition) is 1. The van der Waals surface area contributed by atoms with Crippen molar-refractivity contribution in [2.24, 2.45) is 5.92 Å². The van der Waals surface area contributed by atoms with Crippen LogP contribution < -0.4 is 10.1 Å². The molecule has 1 aromatic rings. The number of hydrogen-bond acceptors (Lipinski definition) is 3. The van der Waals surface area contributed by atoms with Crippen LogP contribution in [-0.4, -0.2) is 32.4 Å². The highest BCUT2D eigenvalue weighted by Gasteiger charge is 2.24. The summed E-state index contributed by atoms with van der Waals surface area (Å²) in [5.74, 6) is 1.41. The molecule has 0 fully saturated rings. The molecule has 1 aromatic carbocycles. The van der Waals surface area contributed by atoms with Crippen molar-refractivity contribution in [1.29, 1.82) is 0 Å². The van der Waals surface area contributed by atoms with E-state index in [9.17, 15) is 0 Å². The van der Waals surface area contributed by atoms with Crippen molar-refractivity contribution >= 4 is 0 Å². The molecule has 120 valence electrons. The lowest BCUT2D eigenvalue weighted by atomic mass is 9.93. The van der Waals surface area contributed by atoms with E-state index in [1.807, 2.05) is 6.07 Å². The largest absolute Gasteiger partial charge is 0.497 e. The molecule has 21 heavy (non-hydrogen) atoms. The van der Waals surface area contributed by atoms with E-state index in [1.54, 1.807) is 7.11 Å². The Hall–Kier alpha value is -1.06. The lowest BCUT2D eigenvalue weighted by molar-refractivity contribution is 0.00361. The molecule has 2 atom stereocenters. The Morgan fingerprint density at radius 3 is 2.52 bits per heavy atom. The lowest BCUT2D eigenvalue weighted by Gasteiger charge is -2.31. The van der Waals surface area contributed by atoms with Gasteiger partial charge in [0.1, 0.15) is 5.75 Å². The van der Waals surface area contributed by atoms with E-state index >= 15 is 0 Å². The molecule has 0 radical (unpaired) electrons. The molecule has 0 saturated heterocycles. The molecule has 3 heteroatoms. The van der Waals surface area contributed by atoms with Crippen molar-refractivity contribution in [3.63, 3.8) is 0 Å². The second kappa shape index (κ2) is 9.80. The van der Waals surface area contributed by atoms with Crippen LogP contribution in [0.15, 0.2) is 24.3 Å². The van der Waals surface area contributed by atoms with Gasteiger partial charge in [-0.05, 0) is 49.9 Å². The zero-order valence-corrected chi connectivity index (χ0v) is 14.2. The van der Waals surface area contributed by atoms with Gasteiger partial charge in [0.05, 0.1) is 13.2 Å². The highest BCUT2D eigenvalue weighted by Crippen LogP contribution is 2.19. The molecule has 0 bridgehead atoms. The molecule has 0 aliphatic rings. The fourth-order valence-electron chi connectivity index (χ4n) is 2.65. The van der Waals surface area contributed by atoms with Gasteiger partial charge in [0.15, 0.2) is 0 Å². The first-order valence-corrected chi connectivity index (χ1v) is 8.10. The van der Waals surface area contributed by atoms with Crippen LogP contribution in [-0.2, 0) is 11.2 Å². The fraction of sp³-hybridized carbons (Fsp3) is 0.667. The Kier molecular flexibility index (Phi) is 8.40. The van der Waals surface area contributed by atoms with E-state index in [0.29, 0.717) is 12.0 Å². The second-order valence-corrected chi connectivity index (χ2v) is 5.78. The summed E-state index contributed by atoms with van der Waals surface area (Å²) in [6, 6.07) is 8.64. The average molecular weight is 293 g/mol. The minimum Gasteiger partial charge on any atom is -0.497 e. The Balaban J connectivity index is 2.84. The van der Waals surface area contributed by atoms with Crippen LogP contribution in [0.5, 0.6) is 5.75 Å². The molecular formula is C18H31NO2. The zero-order valence-electron chi connectivity index (χ0n) is 14.2. The van der Waals surface area contributed by atoms with Gasteiger partial charge in [0.2, 0.25) is 0 Å². The first kappa shape index (κ1) is 18.0. The molecule has 0 aromatic heterocycles. The Morgan fingerprint density at radius 1 is 1.19 bits per heavy atom. The molecule has 0 aliphatic carbocycles. The number of methoxy groups -OCH3 is 1. The van der Waals surface area contributed by atoms with Crippen molar-refractivity contribution < 1.29 is 9.47 Å². The van der Waals surface area contributed by atoms with Gasteiger partial charge in [0, 0.05) is 12.6 Å². The summed E-state index contributed by atoms with van der Waals surface area (Å²) >= 11 is 0. The molecular weight excluding hydrogens is 262 g/mol. The standard InChI is InChI=1S/C18H31NO2/c1-6-11-19-17(18(14(3)4)21-7-2)13-15-9-8-10-16(12-15)20-5/h8-10,12,14,17-19H,6-7,11,13H2,1-5H3. The maximum atomic E-state index is 6.00. The summed E-state index contributed by atoms with van der Waals surface area (Å²) in [6.45, 7) is 10.5. The quantitative estimate of drug-likeness (QED) is 0.714. The van der Waals surface area contributed by atoms with Crippen LogP contribution >= 0.6 is 0 Å². The van der Waals surface area contributed by atoms with Gasteiger partial charge >= 0.3 is 0 Å². The van der Waals surface area contributed by atoms with Crippen LogP contribution in [0.3, 0.4) is 0 Å². The normalized spacial score (nSPS) is 14.2. The van der Waals surface area contributed by atoms with Crippen LogP contribution in [0, 0.1) is 5.92 Å². The van der Waals surface area contributed by atoms with E-state index in [-0.39, 0.29) is 6.10 Å². The predicted molar refractivity (Wildman–Crippen MR) is 89.0 cm³/mol. The smallest absolute Gasteiger partial charge is 0.119 e. The molecule has 0 aliphatic heterocycles.